The van der Waals surface area contributed by atoms with E-state index >= 15 is 0 Å². The number of aromatic amines is 1. The molecule has 0 bridgehead atoms. The first-order chi connectivity index (χ1) is 12.6. The lowest BCUT2D eigenvalue weighted by molar-refractivity contribution is 0.0971. The molecule has 4 rings (SSSR count). The van der Waals surface area contributed by atoms with Crippen LogP contribution in [0.4, 0.5) is 5.69 Å². The van der Waals surface area contributed by atoms with Crippen LogP contribution in [0.1, 0.15) is 22.9 Å². The van der Waals surface area contributed by atoms with Crippen LogP contribution in [0.15, 0.2) is 46.9 Å². The van der Waals surface area contributed by atoms with Gasteiger partial charge in [-0.05, 0) is 24.3 Å². The van der Waals surface area contributed by atoms with Crippen LogP contribution >= 0.6 is 0 Å². The van der Waals surface area contributed by atoms with E-state index in [2.05, 4.69) is 20.2 Å². The zero-order valence-corrected chi connectivity index (χ0v) is 13.6. The van der Waals surface area contributed by atoms with E-state index < -0.39 is 0 Å². The van der Waals surface area contributed by atoms with Crippen molar-refractivity contribution in [2.45, 2.75) is 12.8 Å². The van der Waals surface area contributed by atoms with Crippen LogP contribution in [0.25, 0.3) is 22.5 Å². The highest BCUT2D eigenvalue weighted by Gasteiger charge is 2.16. The zero-order valence-electron chi connectivity index (χ0n) is 13.6. The number of aromatic nitrogens is 4. The fourth-order valence-corrected chi connectivity index (χ4v) is 2.62. The Hall–Kier alpha value is -3.68. The Bertz CT molecular complexity index is 1070. The molecular weight excluding hydrogens is 334 g/mol. The van der Waals surface area contributed by atoms with Gasteiger partial charge in [-0.3, -0.25) is 4.79 Å². The molecule has 0 amide bonds. The molecule has 0 aliphatic heterocycles. The minimum Gasteiger partial charge on any atom is -0.507 e. The lowest BCUT2D eigenvalue weighted by atomic mass is 10.2. The van der Waals surface area contributed by atoms with Gasteiger partial charge in [0.15, 0.2) is 11.6 Å². The maximum Gasteiger partial charge on any atom is 0.251 e. The summed E-state index contributed by atoms with van der Waals surface area (Å²) in [7, 11) is 0. The van der Waals surface area contributed by atoms with Crippen molar-refractivity contribution in [3.05, 3.63) is 54.2 Å². The second kappa shape index (κ2) is 6.32. The van der Waals surface area contributed by atoms with Gasteiger partial charge in [-0.1, -0.05) is 12.1 Å². The Labute approximate surface area is 147 Å². The highest BCUT2D eigenvalue weighted by Crippen LogP contribution is 2.29. The number of rotatable bonds is 5. The highest BCUT2D eigenvalue weighted by atomic mass is 16.4. The number of nitrogens with two attached hydrogens (primary N) is 1. The minimum atomic E-state index is -0.142. The number of Topliss-reactive ketones (excluding diaryl/α,β-unsaturated/α-hetero) is 1. The molecule has 2 heterocycles. The summed E-state index contributed by atoms with van der Waals surface area (Å²) in [6, 6.07) is 12.1. The number of imidazole rings is 1. The number of benzene rings is 2. The molecule has 8 heteroatoms. The Morgan fingerprint density at radius 3 is 2.85 bits per heavy atom. The maximum absolute atomic E-state index is 12.3. The molecule has 130 valence electrons. The fraction of sp³-hybridized carbons (Fsp3) is 0.111. The van der Waals surface area contributed by atoms with Crippen molar-refractivity contribution in [2.24, 2.45) is 0 Å². The van der Waals surface area contributed by atoms with Gasteiger partial charge in [-0.25, -0.2) is 4.98 Å². The first kappa shape index (κ1) is 15.8. The van der Waals surface area contributed by atoms with E-state index in [-0.39, 0.29) is 30.3 Å². The maximum atomic E-state index is 12.3. The molecule has 0 saturated carbocycles. The number of carbonyl (C=O) groups is 1. The predicted octanol–water partition coefficient (Wildman–Crippen LogP) is 2.72. The van der Waals surface area contributed by atoms with Gasteiger partial charge in [0.05, 0.1) is 16.6 Å². The fourth-order valence-electron chi connectivity index (χ4n) is 2.62. The number of phenols is 1. The van der Waals surface area contributed by atoms with Crippen molar-refractivity contribution in [1.82, 2.24) is 20.2 Å². The van der Waals surface area contributed by atoms with E-state index in [1.54, 1.807) is 12.1 Å². The number of phenolic OH excluding ortho intramolecular Hbond substituents is 1. The van der Waals surface area contributed by atoms with E-state index in [0.29, 0.717) is 23.0 Å². The number of hydrogen-bond donors (Lipinski definition) is 3. The van der Waals surface area contributed by atoms with E-state index in [1.165, 1.54) is 6.07 Å². The molecule has 0 aliphatic rings. The first-order valence-corrected chi connectivity index (χ1v) is 7.99. The summed E-state index contributed by atoms with van der Waals surface area (Å²) in [6.07, 6.45) is 0.452. The van der Waals surface area contributed by atoms with Crippen molar-refractivity contribution in [3.63, 3.8) is 0 Å². The smallest absolute Gasteiger partial charge is 0.251 e. The number of hydrogen-bond acceptors (Lipinski definition) is 7. The van der Waals surface area contributed by atoms with E-state index in [9.17, 15) is 9.90 Å². The number of carbonyl (C=O) groups excluding carboxylic acids is 1. The Morgan fingerprint density at radius 2 is 2.04 bits per heavy atom. The van der Waals surface area contributed by atoms with Crippen LogP contribution < -0.4 is 5.73 Å². The third-order valence-corrected chi connectivity index (χ3v) is 3.94. The molecule has 0 aliphatic carbocycles. The minimum absolute atomic E-state index is 0.0430. The van der Waals surface area contributed by atoms with Crippen LogP contribution in [0, 0.1) is 0 Å². The number of aromatic hydroxyl groups is 1. The number of para-hydroxylation sites is 2. The summed E-state index contributed by atoms with van der Waals surface area (Å²) in [4.78, 5) is 19.6. The zero-order chi connectivity index (χ0) is 18.1. The molecule has 0 fully saturated rings. The standard InChI is InChI=1S/C18H15N5O3/c19-10-5-6-11(15(25)9-10)18-23-22-16(26-18)8-7-14(24)17-20-12-3-1-2-4-13(12)21-17/h1-6,9,25H,7-8,19H2,(H,20,21). The number of ketones is 1. The number of nitrogen functional groups attached to an aromatic ring is 1. The van der Waals surface area contributed by atoms with Crippen LogP contribution in [0.2, 0.25) is 0 Å². The molecule has 26 heavy (non-hydrogen) atoms. The number of H-pyrrole nitrogens is 1. The molecule has 4 N–H and O–H groups in total. The monoisotopic (exact) mass is 349 g/mol. The Kier molecular flexibility index (Phi) is 3.85. The topological polar surface area (TPSA) is 131 Å². The highest BCUT2D eigenvalue weighted by molar-refractivity contribution is 5.95. The van der Waals surface area contributed by atoms with Crippen molar-refractivity contribution in [1.29, 1.82) is 0 Å². The van der Waals surface area contributed by atoms with Gasteiger partial charge in [0.25, 0.3) is 5.89 Å². The molecule has 8 nitrogen and oxygen atoms in total. The normalized spacial score (nSPS) is 11.1. The third-order valence-electron chi connectivity index (χ3n) is 3.94. The molecule has 0 unspecified atom stereocenters. The van der Waals surface area contributed by atoms with Crippen LogP contribution in [-0.4, -0.2) is 31.1 Å². The first-order valence-electron chi connectivity index (χ1n) is 7.99. The molecular formula is C18H15N5O3. The molecule has 0 atom stereocenters. The Morgan fingerprint density at radius 1 is 1.19 bits per heavy atom. The average molecular weight is 349 g/mol. The lowest BCUT2D eigenvalue weighted by Gasteiger charge is -2.00. The largest absolute Gasteiger partial charge is 0.507 e. The number of fused-ring (bicyclic) bond motifs is 1. The molecule has 4 aromatic rings. The van der Waals surface area contributed by atoms with E-state index in [4.69, 9.17) is 10.2 Å². The summed E-state index contributed by atoms with van der Waals surface area (Å²) >= 11 is 0. The van der Waals surface area contributed by atoms with Crippen LogP contribution in [-0.2, 0) is 6.42 Å². The number of nitrogens with one attached hydrogen (secondary N) is 1. The van der Waals surface area contributed by atoms with Gasteiger partial charge in [0.1, 0.15) is 5.75 Å². The van der Waals surface area contributed by atoms with Crippen molar-refractivity contribution < 1.29 is 14.3 Å². The molecule has 2 aromatic carbocycles. The summed E-state index contributed by atoms with van der Waals surface area (Å²) in [5.74, 6) is 0.603. The molecule has 0 radical (unpaired) electrons. The quantitative estimate of drug-likeness (QED) is 0.373. The lowest BCUT2D eigenvalue weighted by Crippen LogP contribution is -2.03. The molecule has 0 saturated heterocycles. The van der Waals surface area contributed by atoms with E-state index in [0.717, 1.165) is 11.0 Å². The third kappa shape index (κ3) is 3.00. The Balaban J connectivity index is 1.46. The van der Waals surface area contributed by atoms with Gasteiger partial charge >= 0.3 is 0 Å². The molecule has 0 spiro atoms. The van der Waals surface area contributed by atoms with Gasteiger partial charge in [0, 0.05) is 24.6 Å². The van der Waals surface area contributed by atoms with Gasteiger partial charge in [-0.15, -0.1) is 10.2 Å². The van der Waals surface area contributed by atoms with E-state index in [1.807, 2.05) is 24.3 Å². The van der Waals surface area contributed by atoms with Gasteiger partial charge in [0.2, 0.25) is 5.89 Å². The van der Waals surface area contributed by atoms with Crippen LogP contribution in [0.5, 0.6) is 5.75 Å². The molecule has 2 aromatic heterocycles. The second-order valence-corrected chi connectivity index (χ2v) is 5.80. The van der Waals surface area contributed by atoms with Gasteiger partial charge < -0.3 is 20.2 Å². The van der Waals surface area contributed by atoms with Crippen molar-refractivity contribution in [3.8, 4) is 17.2 Å². The summed E-state index contributed by atoms with van der Waals surface area (Å²) in [5.41, 5.74) is 7.98. The summed E-state index contributed by atoms with van der Waals surface area (Å²) in [5, 5.41) is 17.7. The number of anilines is 1. The van der Waals surface area contributed by atoms with Gasteiger partial charge in [-0.2, -0.15) is 0 Å². The van der Waals surface area contributed by atoms with Crippen molar-refractivity contribution in [2.75, 3.05) is 5.73 Å². The SMILES string of the molecule is Nc1ccc(-c2nnc(CCC(=O)c3nc4ccccc4[nH]3)o2)c(O)c1. The summed E-state index contributed by atoms with van der Waals surface area (Å²) < 4.78 is 5.53. The second-order valence-electron chi connectivity index (χ2n) is 5.80. The number of aryl methyl sites for hydroxylation is 1. The van der Waals surface area contributed by atoms with Crippen LogP contribution in [0.3, 0.4) is 0 Å². The predicted molar refractivity (Wildman–Crippen MR) is 94.6 cm³/mol. The number of nitrogens with zero attached hydrogens (tertiary/aromatic N) is 3. The summed E-state index contributed by atoms with van der Waals surface area (Å²) in [6.45, 7) is 0. The average Bonchev–Trinajstić information content (AvgIpc) is 3.26. The van der Waals surface area contributed by atoms with Crippen molar-refractivity contribution >= 4 is 22.5 Å².